The standard InChI is InChI=1S/C21H28NO3.BrH/c1-4-22(3,5-2)16-17-25-20(23)21(24,18-12-8-6-9-13-18)19-14-10-7-11-15-19;/h6-15,24H,4-5,16-17H2,1-3H3;1H/q+1;/p-1. The zero-order valence-corrected chi connectivity index (χ0v) is 17.3. The predicted molar refractivity (Wildman–Crippen MR) is 99.0 cm³/mol. The van der Waals surface area contributed by atoms with E-state index in [9.17, 15) is 9.90 Å². The highest BCUT2D eigenvalue weighted by atomic mass is 79.9. The van der Waals surface area contributed by atoms with Crippen molar-refractivity contribution in [2.45, 2.75) is 19.4 Å². The molecule has 0 spiro atoms. The number of halogens is 1. The number of hydrogen-bond donors (Lipinski definition) is 1. The molecule has 0 bridgehead atoms. The minimum atomic E-state index is -1.80. The molecule has 0 radical (unpaired) electrons. The molecule has 0 unspecified atom stereocenters. The quantitative estimate of drug-likeness (QED) is 0.480. The van der Waals surface area contributed by atoms with Gasteiger partial charge < -0.3 is 31.3 Å². The monoisotopic (exact) mass is 421 g/mol. The maximum atomic E-state index is 12.8. The fraction of sp³-hybridized carbons (Fsp3) is 0.381. The lowest BCUT2D eigenvalue weighted by Crippen LogP contribution is -3.00. The number of hydrogen-bond acceptors (Lipinski definition) is 3. The zero-order valence-electron chi connectivity index (χ0n) is 15.7. The molecule has 0 amide bonds. The molecule has 0 fully saturated rings. The molecule has 0 aliphatic heterocycles. The number of aliphatic hydroxyl groups is 1. The Morgan fingerprint density at radius 3 is 1.77 bits per heavy atom. The van der Waals surface area contributed by atoms with Crippen molar-refractivity contribution < 1.29 is 36.1 Å². The minimum absolute atomic E-state index is 0. The van der Waals surface area contributed by atoms with Crippen molar-refractivity contribution in [1.29, 1.82) is 0 Å². The molecule has 0 aliphatic carbocycles. The topological polar surface area (TPSA) is 46.5 Å². The van der Waals surface area contributed by atoms with Crippen molar-refractivity contribution in [3.05, 3.63) is 71.8 Å². The first kappa shape index (κ1) is 22.4. The first-order chi connectivity index (χ1) is 12.0. The molecule has 26 heavy (non-hydrogen) atoms. The first-order valence-corrected chi connectivity index (χ1v) is 8.80. The van der Waals surface area contributed by atoms with Gasteiger partial charge in [-0.05, 0) is 25.0 Å². The number of quaternary nitrogens is 1. The van der Waals surface area contributed by atoms with Crippen LogP contribution in [0.1, 0.15) is 25.0 Å². The number of carbonyl (C=O) groups is 1. The molecule has 0 atom stereocenters. The third-order valence-corrected chi connectivity index (χ3v) is 5.07. The Morgan fingerprint density at radius 1 is 0.962 bits per heavy atom. The molecule has 0 saturated heterocycles. The summed E-state index contributed by atoms with van der Waals surface area (Å²) in [6, 6.07) is 17.9. The van der Waals surface area contributed by atoms with E-state index in [0.29, 0.717) is 11.1 Å². The molecular formula is C21H28BrNO3. The lowest BCUT2D eigenvalue weighted by Gasteiger charge is -2.32. The van der Waals surface area contributed by atoms with Crippen LogP contribution >= 0.6 is 0 Å². The van der Waals surface area contributed by atoms with Crippen molar-refractivity contribution in [2.24, 2.45) is 0 Å². The SMILES string of the molecule is CC[N+](C)(CC)CCOC(=O)C(O)(c1ccccc1)c1ccccc1.[Br-]. The minimum Gasteiger partial charge on any atom is -1.00 e. The van der Waals surface area contributed by atoms with Crippen LogP contribution < -0.4 is 17.0 Å². The van der Waals surface area contributed by atoms with Gasteiger partial charge in [0.05, 0.1) is 20.1 Å². The van der Waals surface area contributed by atoms with E-state index in [1.54, 1.807) is 48.5 Å². The second-order valence-electron chi connectivity index (χ2n) is 6.55. The molecule has 2 aromatic carbocycles. The summed E-state index contributed by atoms with van der Waals surface area (Å²) in [7, 11) is 2.13. The Labute approximate surface area is 166 Å². The Hall–Kier alpha value is -1.69. The molecule has 2 rings (SSSR count). The summed E-state index contributed by atoms with van der Waals surface area (Å²) < 4.78 is 6.33. The van der Waals surface area contributed by atoms with Crippen LogP contribution in [0.25, 0.3) is 0 Å². The smallest absolute Gasteiger partial charge is 0.347 e. The summed E-state index contributed by atoms with van der Waals surface area (Å²) in [6.07, 6.45) is 0. The van der Waals surface area contributed by atoms with E-state index < -0.39 is 11.6 Å². The van der Waals surface area contributed by atoms with Gasteiger partial charge in [-0.2, -0.15) is 0 Å². The van der Waals surface area contributed by atoms with Crippen molar-refractivity contribution in [3.63, 3.8) is 0 Å². The van der Waals surface area contributed by atoms with Gasteiger partial charge in [0.2, 0.25) is 5.60 Å². The zero-order chi connectivity index (χ0) is 18.3. The van der Waals surface area contributed by atoms with Gasteiger partial charge in [0.25, 0.3) is 0 Å². The van der Waals surface area contributed by atoms with Crippen LogP contribution in [0.4, 0.5) is 0 Å². The van der Waals surface area contributed by atoms with Crippen molar-refractivity contribution in [1.82, 2.24) is 0 Å². The third-order valence-electron chi connectivity index (χ3n) is 5.07. The highest BCUT2D eigenvalue weighted by molar-refractivity contribution is 5.85. The van der Waals surface area contributed by atoms with Crippen LogP contribution in [-0.4, -0.2) is 48.8 Å². The fourth-order valence-corrected chi connectivity index (χ4v) is 2.76. The number of ether oxygens (including phenoxy) is 1. The summed E-state index contributed by atoms with van der Waals surface area (Å²) in [5.41, 5.74) is -0.784. The van der Waals surface area contributed by atoms with Gasteiger partial charge in [-0.1, -0.05) is 60.7 Å². The summed E-state index contributed by atoms with van der Waals surface area (Å²) in [4.78, 5) is 12.8. The summed E-state index contributed by atoms with van der Waals surface area (Å²) in [6.45, 7) is 7.17. The van der Waals surface area contributed by atoms with Crippen LogP contribution in [0.2, 0.25) is 0 Å². The molecular weight excluding hydrogens is 394 g/mol. The fourth-order valence-electron chi connectivity index (χ4n) is 2.76. The van der Waals surface area contributed by atoms with E-state index in [2.05, 4.69) is 20.9 Å². The van der Waals surface area contributed by atoms with Crippen LogP contribution in [0, 0.1) is 0 Å². The molecule has 142 valence electrons. The number of benzene rings is 2. The predicted octanol–water partition coefficient (Wildman–Crippen LogP) is -0.0439. The molecule has 1 N–H and O–H groups in total. The Kier molecular flexibility index (Phi) is 8.47. The van der Waals surface area contributed by atoms with Crippen molar-refractivity contribution >= 4 is 5.97 Å². The van der Waals surface area contributed by atoms with E-state index in [4.69, 9.17) is 4.74 Å². The normalized spacial score (nSPS) is 11.5. The van der Waals surface area contributed by atoms with Crippen LogP contribution in [0.15, 0.2) is 60.7 Å². The van der Waals surface area contributed by atoms with Gasteiger partial charge in [-0.15, -0.1) is 0 Å². The maximum Gasteiger partial charge on any atom is 0.347 e. The highest BCUT2D eigenvalue weighted by Gasteiger charge is 2.41. The number of esters is 1. The van der Waals surface area contributed by atoms with Crippen LogP contribution in [0.5, 0.6) is 0 Å². The van der Waals surface area contributed by atoms with Crippen molar-refractivity contribution in [2.75, 3.05) is 33.3 Å². The van der Waals surface area contributed by atoms with Crippen LogP contribution in [-0.2, 0) is 15.1 Å². The first-order valence-electron chi connectivity index (χ1n) is 8.80. The second kappa shape index (κ2) is 9.86. The van der Waals surface area contributed by atoms with Gasteiger partial charge in [-0.25, -0.2) is 4.79 Å². The molecule has 0 saturated carbocycles. The van der Waals surface area contributed by atoms with Gasteiger partial charge in [-0.3, -0.25) is 0 Å². The van der Waals surface area contributed by atoms with Crippen LogP contribution in [0.3, 0.4) is 0 Å². The number of carbonyl (C=O) groups excluding carboxylic acids is 1. The average Bonchev–Trinajstić information content (AvgIpc) is 2.68. The molecule has 2 aromatic rings. The molecule has 0 aromatic heterocycles. The number of nitrogens with zero attached hydrogens (tertiary/aromatic N) is 1. The molecule has 0 heterocycles. The largest absolute Gasteiger partial charge is 1.00 e. The van der Waals surface area contributed by atoms with E-state index in [1.807, 2.05) is 12.1 Å². The van der Waals surface area contributed by atoms with Gasteiger partial charge in [0, 0.05) is 0 Å². The van der Waals surface area contributed by atoms with E-state index in [-0.39, 0.29) is 23.6 Å². The van der Waals surface area contributed by atoms with Gasteiger partial charge in [0.15, 0.2) is 0 Å². The number of rotatable bonds is 8. The Bertz CT molecular complexity index is 633. The second-order valence-corrected chi connectivity index (χ2v) is 6.55. The van der Waals surface area contributed by atoms with E-state index in [1.165, 1.54) is 0 Å². The summed E-state index contributed by atoms with van der Waals surface area (Å²) in [5.74, 6) is -0.636. The highest BCUT2D eigenvalue weighted by Crippen LogP contribution is 2.31. The van der Waals surface area contributed by atoms with Crippen molar-refractivity contribution in [3.8, 4) is 0 Å². The van der Waals surface area contributed by atoms with E-state index in [0.717, 1.165) is 24.1 Å². The summed E-state index contributed by atoms with van der Waals surface area (Å²) in [5, 5.41) is 11.3. The average molecular weight is 422 g/mol. The Balaban J connectivity index is 0.00000338. The number of likely N-dealkylation sites (N-methyl/N-ethyl adjacent to an activating group) is 1. The van der Waals surface area contributed by atoms with E-state index >= 15 is 0 Å². The lowest BCUT2D eigenvalue weighted by atomic mass is 9.86. The Morgan fingerprint density at radius 2 is 1.38 bits per heavy atom. The third kappa shape index (κ3) is 4.93. The molecule has 5 heteroatoms. The maximum absolute atomic E-state index is 12.8. The van der Waals surface area contributed by atoms with Gasteiger partial charge >= 0.3 is 5.97 Å². The summed E-state index contributed by atoms with van der Waals surface area (Å²) >= 11 is 0. The molecule has 4 nitrogen and oxygen atoms in total. The lowest BCUT2D eigenvalue weighted by molar-refractivity contribution is -0.906. The van der Waals surface area contributed by atoms with Gasteiger partial charge in [0.1, 0.15) is 13.2 Å². The molecule has 0 aliphatic rings.